The maximum atomic E-state index is 11.9. The minimum absolute atomic E-state index is 0. The van der Waals surface area contributed by atoms with Crippen LogP contribution >= 0.6 is 12.4 Å². The number of pyridine rings is 1. The fourth-order valence-electron chi connectivity index (χ4n) is 3.16. The smallest absolute Gasteiger partial charge is 0.409 e. The van der Waals surface area contributed by atoms with E-state index < -0.39 is 4.92 Å². The first-order chi connectivity index (χ1) is 11.5. The van der Waals surface area contributed by atoms with Crippen LogP contribution in [-0.4, -0.2) is 40.6 Å². The van der Waals surface area contributed by atoms with Gasteiger partial charge >= 0.3 is 6.09 Å². The average molecular weight is 366 g/mol. The van der Waals surface area contributed by atoms with Crippen LogP contribution in [0.4, 0.5) is 10.5 Å². The molecular formula is C17H20ClN3O4. The van der Waals surface area contributed by atoms with E-state index in [-0.39, 0.29) is 24.2 Å². The van der Waals surface area contributed by atoms with Gasteiger partial charge in [0, 0.05) is 42.7 Å². The number of carbonyl (C=O) groups is 1. The molecule has 1 amide bonds. The lowest BCUT2D eigenvalue weighted by molar-refractivity contribution is -0.384. The quantitative estimate of drug-likeness (QED) is 0.601. The highest BCUT2D eigenvalue weighted by Gasteiger charge is 2.22. The lowest BCUT2D eigenvalue weighted by Crippen LogP contribution is -2.33. The van der Waals surface area contributed by atoms with Crippen molar-refractivity contribution in [3.05, 3.63) is 45.1 Å². The summed E-state index contributed by atoms with van der Waals surface area (Å²) < 4.78 is 5.08. The number of non-ortho nitro benzene ring substituents is 1. The zero-order valence-corrected chi connectivity index (χ0v) is 15.0. The third kappa shape index (κ3) is 3.66. The second-order valence-electron chi connectivity index (χ2n) is 5.81. The van der Waals surface area contributed by atoms with E-state index >= 15 is 0 Å². The van der Waals surface area contributed by atoms with Gasteiger partial charge in [-0.3, -0.25) is 15.1 Å². The number of nitro benzene ring substituents is 1. The van der Waals surface area contributed by atoms with E-state index in [0.29, 0.717) is 32.5 Å². The van der Waals surface area contributed by atoms with E-state index in [2.05, 4.69) is 4.98 Å². The first-order valence-corrected chi connectivity index (χ1v) is 7.99. The van der Waals surface area contributed by atoms with Crippen LogP contribution in [0.2, 0.25) is 0 Å². The van der Waals surface area contributed by atoms with E-state index in [4.69, 9.17) is 4.74 Å². The van der Waals surface area contributed by atoms with Crippen LogP contribution in [0.5, 0.6) is 0 Å². The number of nitro groups is 1. The predicted octanol–water partition coefficient (Wildman–Crippen LogP) is 3.43. The van der Waals surface area contributed by atoms with Crippen molar-refractivity contribution in [1.29, 1.82) is 0 Å². The fraction of sp³-hybridized carbons (Fsp3) is 0.412. The molecule has 0 saturated carbocycles. The van der Waals surface area contributed by atoms with Crippen molar-refractivity contribution in [2.75, 3.05) is 19.7 Å². The number of amides is 1. The largest absolute Gasteiger partial charge is 0.450 e. The summed E-state index contributed by atoms with van der Waals surface area (Å²) in [6, 6.07) is 4.74. The van der Waals surface area contributed by atoms with Crippen LogP contribution in [0.1, 0.15) is 23.7 Å². The Labute approximate surface area is 151 Å². The molecule has 2 heterocycles. The van der Waals surface area contributed by atoms with E-state index in [1.165, 1.54) is 6.07 Å². The van der Waals surface area contributed by atoms with Crippen molar-refractivity contribution in [3.63, 3.8) is 0 Å². The Hall–Kier alpha value is -2.41. The summed E-state index contributed by atoms with van der Waals surface area (Å²) in [5, 5.41) is 11.8. The molecule has 1 aromatic heterocycles. The molecule has 3 rings (SSSR count). The molecule has 0 radical (unpaired) electrons. The first-order valence-electron chi connectivity index (χ1n) is 7.99. The molecule has 0 aliphatic carbocycles. The van der Waals surface area contributed by atoms with Crippen LogP contribution in [0.25, 0.3) is 10.9 Å². The minimum Gasteiger partial charge on any atom is -0.450 e. The van der Waals surface area contributed by atoms with Gasteiger partial charge in [0.25, 0.3) is 5.69 Å². The third-order valence-electron chi connectivity index (χ3n) is 4.43. The minimum atomic E-state index is -0.396. The van der Waals surface area contributed by atoms with Crippen LogP contribution in [0, 0.1) is 17.0 Å². The Morgan fingerprint density at radius 3 is 2.76 bits per heavy atom. The highest BCUT2D eigenvalue weighted by Crippen LogP contribution is 2.28. The van der Waals surface area contributed by atoms with E-state index in [0.717, 1.165) is 27.7 Å². The number of carbonyl (C=O) groups excluding carboxylic acids is 1. The lowest BCUT2D eigenvalue weighted by atomic mass is 9.98. The molecule has 7 nitrogen and oxygen atoms in total. The molecule has 1 aromatic carbocycles. The Morgan fingerprint density at radius 2 is 2.08 bits per heavy atom. The number of ether oxygens (including phenoxy) is 1. The summed E-state index contributed by atoms with van der Waals surface area (Å²) in [6.45, 7) is 5.24. The third-order valence-corrected chi connectivity index (χ3v) is 4.43. The van der Waals surface area contributed by atoms with Crippen LogP contribution in [0.3, 0.4) is 0 Å². The summed E-state index contributed by atoms with van der Waals surface area (Å²) in [6.07, 6.45) is 1.02. The molecule has 8 heteroatoms. The molecule has 0 spiro atoms. The molecule has 0 atom stereocenters. The predicted molar refractivity (Wildman–Crippen MR) is 96.4 cm³/mol. The summed E-state index contributed by atoms with van der Waals surface area (Å²) in [4.78, 5) is 28.9. The lowest BCUT2D eigenvalue weighted by Gasteiger charge is -2.18. The molecule has 2 aromatic rings. The maximum absolute atomic E-state index is 11.9. The number of nitrogens with zero attached hydrogens (tertiary/aromatic N) is 3. The molecule has 0 fully saturated rings. The molecule has 1 aliphatic heterocycles. The summed E-state index contributed by atoms with van der Waals surface area (Å²) >= 11 is 0. The van der Waals surface area contributed by atoms with Gasteiger partial charge in [0.1, 0.15) is 0 Å². The van der Waals surface area contributed by atoms with Gasteiger partial charge in [-0.15, -0.1) is 12.4 Å². The van der Waals surface area contributed by atoms with Crippen LogP contribution in [-0.2, 0) is 17.6 Å². The highest BCUT2D eigenvalue weighted by atomic mass is 35.5. The second kappa shape index (κ2) is 7.65. The molecule has 0 bridgehead atoms. The van der Waals surface area contributed by atoms with Crippen molar-refractivity contribution in [2.24, 2.45) is 0 Å². The summed E-state index contributed by atoms with van der Waals surface area (Å²) in [7, 11) is 0. The van der Waals surface area contributed by atoms with E-state index in [1.807, 2.05) is 6.92 Å². The number of aryl methyl sites for hydroxylation is 1. The highest BCUT2D eigenvalue weighted by molar-refractivity contribution is 5.86. The molecular weight excluding hydrogens is 346 g/mol. The van der Waals surface area contributed by atoms with Crippen molar-refractivity contribution in [1.82, 2.24) is 9.88 Å². The van der Waals surface area contributed by atoms with Gasteiger partial charge in [0.15, 0.2) is 0 Å². The van der Waals surface area contributed by atoms with Gasteiger partial charge in [-0.05, 0) is 37.5 Å². The zero-order valence-electron chi connectivity index (χ0n) is 14.2. The maximum Gasteiger partial charge on any atom is 0.409 e. The van der Waals surface area contributed by atoms with E-state index in [1.54, 1.807) is 24.0 Å². The van der Waals surface area contributed by atoms with Gasteiger partial charge in [0.2, 0.25) is 0 Å². The van der Waals surface area contributed by atoms with Crippen LogP contribution < -0.4 is 0 Å². The monoisotopic (exact) mass is 365 g/mol. The zero-order chi connectivity index (χ0) is 17.3. The molecule has 25 heavy (non-hydrogen) atoms. The number of fused-ring (bicyclic) bond motifs is 2. The number of benzene rings is 1. The topological polar surface area (TPSA) is 85.6 Å². The van der Waals surface area contributed by atoms with Gasteiger partial charge in [-0.1, -0.05) is 0 Å². The van der Waals surface area contributed by atoms with Crippen molar-refractivity contribution >= 4 is 35.1 Å². The number of aromatic nitrogens is 1. The second-order valence-corrected chi connectivity index (χ2v) is 5.81. The van der Waals surface area contributed by atoms with Crippen molar-refractivity contribution in [2.45, 2.75) is 26.7 Å². The summed E-state index contributed by atoms with van der Waals surface area (Å²) in [5.41, 5.74) is 3.86. The Bertz CT molecular complexity index is 825. The molecule has 1 aliphatic rings. The number of hydrogen-bond acceptors (Lipinski definition) is 5. The van der Waals surface area contributed by atoms with E-state index in [9.17, 15) is 14.9 Å². The van der Waals surface area contributed by atoms with Crippen molar-refractivity contribution < 1.29 is 14.5 Å². The molecule has 134 valence electrons. The SMILES string of the molecule is CCOC(=O)N1CCc2nc3ccc([N+](=O)[O-])cc3c(C)c2CC1.Cl. The van der Waals surface area contributed by atoms with Gasteiger partial charge in [-0.25, -0.2) is 4.79 Å². The molecule has 0 unspecified atom stereocenters. The molecule has 0 N–H and O–H groups in total. The summed E-state index contributed by atoms with van der Waals surface area (Å²) in [5.74, 6) is 0. The van der Waals surface area contributed by atoms with Crippen molar-refractivity contribution in [3.8, 4) is 0 Å². The Balaban J connectivity index is 0.00000225. The average Bonchev–Trinajstić information content (AvgIpc) is 2.78. The van der Waals surface area contributed by atoms with Crippen LogP contribution in [0.15, 0.2) is 18.2 Å². The Morgan fingerprint density at radius 1 is 1.36 bits per heavy atom. The molecule has 0 saturated heterocycles. The standard InChI is InChI=1S/C17H19N3O4.ClH/c1-3-24-17(21)19-8-6-13-11(2)14-10-12(20(22)23)4-5-15(14)18-16(13)7-9-19;/h4-5,10H,3,6-9H2,1-2H3;1H. The number of hydrogen-bond donors (Lipinski definition) is 0. The van der Waals surface area contributed by atoms with Gasteiger partial charge in [-0.2, -0.15) is 0 Å². The first kappa shape index (κ1) is 18.9. The normalized spacial score (nSPS) is 13.6. The Kier molecular flexibility index (Phi) is 5.79. The number of rotatable bonds is 2. The van der Waals surface area contributed by atoms with Gasteiger partial charge in [0.05, 0.1) is 17.0 Å². The van der Waals surface area contributed by atoms with Gasteiger partial charge < -0.3 is 9.64 Å². The fourth-order valence-corrected chi connectivity index (χ4v) is 3.16. The number of halogens is 1.